The molecule has 2 N–H and O–H groups in total. The zero-order valence-electron chi connectivity index (χ0n) is 14.4. The molecule has 8 heteroatoms. The number of rotatable bonds is 5. The van der Waals surface area contributed by atoms with Gasteiger partial charge >= 0.3 is 6.03 Å². The van der Waals surface area contributed by atoms with Crippen molar-refractivity contribution < 1.29 is 17.9 Å². The number of sulfone groups is 1. The third kappa shape index (κ3) is 3.89. The molecule has 0 bridgehead atoms. The van der Waals surface area contributed by atoms with Gasteiger partial charge < -0.3 is 19.9 Å². The molecule has 25 heavy (non-hydrogen) atoms. The molecule has 1 aliphatic heterocycles. The summed E-state index contributed by atoms with van der Waals surface area (Å²) in [7, 11) is -1.39. The Hall–Kier alpha value is -2.22. The van der Waals surface area contributed by atoms with Crippen LogP contribution in [0.4, 0.5) is 4.79 Å². The van der Waals surface area contributed by atoms with Gasteiger partial charge in [0.25, 0.3) is 0 Å². The zero-order valence-corrected chi connectivity index (χ0v) is 15.2. The summed E-state index contributed by atoms with van der Waals surface area (Å²) >= 11 is 0. The van der Waals surface area contributed by atoms with Gasteiger partial charge in [0.2, 0.25) is 0 Å². The molecule has 136 valence electrons. The Kier molecular flexibility index (Phi) is 4.89. The number of carbonyl (C=O) groups excluding carboxylic acids is 1. The number of H-pyrrole nitrogens is 1. The second-order valence-corrected chi connectivity index (χ2v) is 8.48. The number of nitrogens with one attached hydrogen (secondary N) is 2. The lowest BCUT2D eigenvalue weighted by Gasteiger charge is -2.26. The molecule has 3 rings (SSSR count). The van der Waals surface area contributed by atoms with Crippen molar-refractivity contribution in [3.8, 4) is 5.75 Å². The van der Waals surface area contributed by atoms with Crippen molar-refractivity contribution >= 4 is 26.8 Å². The van der Waals surface area contributed by atoms with Crippen molar-refractivity contribution in [1.82, 2.24) is 15.2 Å². The summed E-state index contributed by atoms with van der Waals surface area (Å²) in [6, 6.07) is 7.23. The van der Waals surface area contributed by atoms with Crippen LogP contribution in [0.25, 0.3) is 10.9 Å². The fourth-order valence-corrected chi connectivity index (χ4v) is 4.98. The SMILES string of the molecule is CCN(C(=O)NCc1cc2cc(OC)ccc2[nH]1)[C@@H]1CCS(=O)(=O)C1. The van der Waals surface area contributed by atoms with Crippen LogP contribution in [0.15, 0.2) is 24.3 Å². The summed E-state index contributed by atoms with van der Waals surface area (Å²) < 4.78 is 28.5. The molecule has 0 spiro atoms. The van der Waals surface area contributed by atoms with Crippen molar-refractivity contribution in [2.45, 2.75) is 25.9 Å². The van der Waals surface area contributed by atoms with E-state index in [0.717, 1.165) is 22.3 Å². The van der Waals surface area contributed by atoms with E-state index < -0.39 is 9.84 Å². The molecule has 0 aliphatic carbocycles. The van der Waals surface area contributed by atoms with Gasteiger partial charge in [-0.15, -0.1) is 0 Å². The van der Waals surface area contributed by atoms with Crippen LogP contribution in [0.1, 0.15) is 19.0 Å². The summed E-state index contributed by atoms with van der Waals surface area (Å²) in [4.78, 5) is 17.3. The van der Waals surface area contributed by atoms with Gasteiger partial charge in [-0.05, 0) is 37.6 Å². The molecule has 2 heterocycles. The number of carbonyl (C=O) groups is 1. The second-order valence-electron chi connectivity index (χ2n) is 6.25. The van der Waals surface area contributed by atoms with Crippen LogP contribution in [0, 0.1) is 0 Å². The lowest BCUT2D eigenvalue weighted by atomic mass is 10.2. The summed E-state index contributed by atoms with van der Waals surface area (Å²) in [6.07, 6.45) is 0.510. The minimum atomic E-state index is -3.01. The van der Waals surface area contributed by atoms with E-state index in [1.165, 1.54) is 0 Å². The van der Waals surface area contributed by atoms with Gasteiger partial charge in [0, 0.05) is 29.2 Å². The topological polar surface area (TPSA) is 91.5 Å². The lowest BCUT2D eigenvalue weighted by molar-refractivity contribution is 0.183. The van der Waals surface area contributed by atoms with Crippen molar-refractivity contribution in [2.24, 2.45) is 0 Å². The number of urea groups is 1. The summed E-state index contributed by atoms with van der Waals surface area (Å²) in [5.74, 6) is 0.993. The van der Waals surface area contributed by atoms with E-state index in [2.05, 4.69) is 10.3 Å². The first kappa shape index (κ1) is 17.6. The van der Waals surface area contributed by atoms with E-state index in [1.807, 2.05) is 31.2 Å². The summed E-state index contributed by atoms with van der Waals surface area (Å²) in [5, 5.41) is 3.89. The number of nitrogens with zero attached hydrogens (tertiary/aromatic N) is 1. The monoisotopic (exact) mass is 365 g/mol. The molecule has 2 amide bonds. The number of hydrogen-bond donors (Lipinski definition) is 2. The molecule has 1 atom stereocenters. The summed E-state index contributed by atoms with van der Waals surface area (Å²) in [5.41, 5.74) is 1.85. The van der Waals surface area contributed by atoms with Crippen molar-refractivity contribution in [3.63, 3.8) is 0 Å². The average Bonchev–Trinajstić information content (AvgIpc) is 3.15. The minimum absolute atomic E-state index is 0.0560. The molecule has 1 aromatic heterocycles. The normalized spacial score (nSPS) is 19.0. The maximum absolute atomic E-state index is 12.4. The highest BCUT2D eigenvalue weighted by molar-refractivity contribution is 7.91. The molecule has 1 fully saturated rings. The van der Waals surface area contributed by atoms with Crippen LogP contribution in [0.3, 0.4) is 0 Å². The molecule has 1 aromatic carbocycles. The Balaban J connectivity index is 1.65. The van der Waals surface area contributed by atoms with E-state index >= 15 is 0 Å². The van der Waals surface area contributed by atoms with Crippen molar-refractivity contribution in [1.29, 1.82) is 0 Å². The van der Waals surface area contributed by atoms with Crippen LogP contribution in [-0.4, -0.2) is 55.5 Å². The predicted octanol–water partition coefficient (Wildman–Crippen LogP) is 1.90. The fraction of sp³-hybridized carbons (Fsp3) is 0.471. The quantitative estimate of drug-likeness (QED) is 0.846. The van der Waals surface area contributed by atoms with Crippen molar-refractivity contribution in [3.05, 3.63) is 30.0 Å². The minimum Gasteiger partial charge on any atom is -0.497 e. The number of aromatic nitrogens is 1. The number of methoxy groups -OCH3 is 1. The van der Waals surface area contributed by atoms with Gasteiger partial charge in [-0.3, -0.25) is 0 Å². The average molecular weight is 365 g/mol. The maximum Gasteiger partial charge on any atom is 0.317 e. The van der Waals surface area contributed by atoms with Crippen LogP contribution >= 0.6 is 0 Å². The van der Waals surface area contributed by atoms with E-state index in [-0.39, 0.29) is 23.6 Å². The highest BCUT2D eigenvalue weighted by Gasteiger charge is 2.33. The third-order valence-electron chi connectivity index (χ3n) is 4.56. The molecule has 0 saturated carbocycles. The smallest absolute Gasteiger partial charge is 0.317 e. The van der Waals surface area contributed by atoms with Crippen LogP contribution in [0.2, 0.25) is 0 Å². The van der Waals surface area contributed by atoms with Gasteiger partial charge in [-0.1, -0.05) is 0 Å². The van der Waals surface area contributed by atoms with Crippen molar-refractivity contribution in [2.75, 3.05) is 25.2 Å². The first-order valence-corrected chi connectivity index (χ1v) is 10.1. The first-order valence-electron chi connectivity index (χ1n) is 8.32. The number of aromatic amines is 1. The largest absolute Gasteiger partial charge is 0.497 e. The standard InChI is InChI=1S/C17H23N3O4S/c1-3-20(14-6-7-25(22,23)11-14)17(21)18-10-13-8-12-9-15(24-2)4-5-16(12)19-13/h4-5,8-9,14,19H,3,6-7,10-11H2,1-2H3,(H,18,21)/t14-/m1/s1. The molecule has 1 aliphatic rings. The third-order valence-corrected chi connectivity index (χ3v) is 6.31. The molecule has 0 radical (unpaired) electrons. The molecular weight excluding hydrogens is 342 g/mol. The molecule has 2 aromatic rings. The predicted molar refractivity (Wildman–Crippen MR) is 96.5 cm³/mol. The number of benzene rings is 1. The van der Waals surface area contributed by atoms with Gasteiger partial charge in [0.1, 0.15) is 5.75 Å². The first-order chi connectivity index (χ1) is 11.9. The van der Waals surface area contributed by atoms with Gasteiger partial charge in [0.15, 0.2) is 9.84 Å². The fourth-order valence-electron chi connectivity index (χ4n) is 3.25. The van der Waals surface area contributed by atoms with Gasteiger partial charge in [0.05, 0.1) is 25.2 Å². The Morgan fingerprint density at radius 3 is 2.84 bits per heavy atom. The maximum atomic E-state index is 12.4. The Morgan fingerprint density at radius 1 is 1.40 bits per heavy atom. The van der Waals surface area contributed by atoms with Gasteiger partial charge in [-0.2, -0.15) is 0 Å². The Bertz CT molecular complexity index is 875. The number of fused-ring (bicyclic) bond motifs is 1. The van der Waals surface area contributed by atoms with Crippen LogP contribution < -0.4 is 10.1 Å². The molecular formula is C17H23N3O4S. The number of hydrogen-bond acceptors (Lipinski definition) is 4. The van der Waals surface area contributed by atoms with E-state index in [4.69, 9.17) is 4.74 Å². The van der Waals surface area contributed by atoms with E-state index in [1.54, 1.807) is 12.0 Å². The van der Waals surface area contributed by atoms with E-state index in [9.17, 15) is 13.2 Å². The summed E-state index contributed by atoms with van der Waals surface area (Å²) in [6.45, 7) is 2.70. The zero-order chi connectivity index (χ0) is 18.0. The number of ether oxygens (including phenoxy) is 1. The Morgan fingerprint density at radius 2 is 2.20 bits per heavy atom. The highest BCUT2D eigenvalue weighted by atomic mass is 32.2. The van der Waals surface area contributed by atoms with Crippen LogP contribution in [-0.2, 0) is 16.4 Å². The second kappa shape index (κ2) is 6.95. The number of amides is 2. The van der Waals surface area contributed by atoms with Gasteiger partial charge in [-0.25, -0.2) is 13.2 Å². The van der Waals surface area contributed by atoms with E-state index in [0.29, 0.717) is 19.5 Å². The molecule has 1 saturated heterocycles. The highest BCUT2D eigenvalue weighted by Crippen LogP contribution is 2.22. The lowest BCUT2D eigenvalue weighted by Crippen LogP contribution is -2.46. The molecule has 7 nitrogen and oxygen atoms in total. The Labute approximate surface area is 147 Å². The molecule has 0 unspecified atom stereocenters. The van der Waals surface area contributed by atoms with Crippen LogP contribution in [0.5, 0.6) is 5.75 Å².